The Morgan fingerprint density at radius 1 is 0.580 bits per heavy atom. The van der Waals surface area contributed by atoms with Gasteiger partial charge in [-0.3, -0.25) is 38.2 Å². The van der Waals surface area contributed by atoms with Gasteiger partial charge in [0.2, 0.25) is 0 Å². The molecule has 4 heterocycles. The minimum atomic E-state index is -4.88. The molecule has 0 aliphatic rings. The van der Waals surface area contributed by atoms with Crippen LogP contribution >= 0.6 is 0 Å². The van der Waals surface area contributed by atoms with Crippen LogP contribution in [0.5, 0.6) is 35.0 Å². The summed E-state index contributed by atoms with van der Waals surface area (Å²) in [7, 11) is -1.37. The Balaban J connectivity index is 0.000000229. The number of nitrogens with one attached hydrogen (secondary N) is 3. The van der Waals surface area contributed by atoms with Crippen molar-refractivity contribution in [3.8, 4) is 35.0 Å². The smallest absolute Gasteiger partial charge is 0.425 e. The van der Waals surface area contributed by atoms with Crippen LogP contribution in [0.25, 0.3) is 22.3 Å². The van der Waals surface area contributed by atoms with Crippen LogP contribution < -0.4 is 41.4 Å². The number of hydrogen-bond donors (Lipinski definition) is 3. The molecule has 0 radical (unpaired) electrons. The molecule has 0 amide bonds. The van der Waals surface area contributed by atoms with Gasteiger partial charge in [0, 0.05) is 26.8 Å². The third-order valence-electron chi connectivity index (χ3n) is 9.54. The summed E-state index contributed by atoms with van der Waals surface area (Å²) in [5, 5.41) is 0. The number of H-pyrrole nitrogens is 3. The van der Waals surface area contributed by atoms with E-state index in [1.165, 1.54) is 38.0 Å². The van der Waals surface area contributed by atoms with E-state index in [0.717, 1.165) is 41.4 Å². The molecule has 3 N–H and O–H groups in total. The molecule has 0 spiro atoms. The van der Waals surface area contributed by atoms with Gasteiger partial charge >= 0.3 is 36.1 Å². The summed E-state index contributed by atoms with van der Waals surface area (Å²) in [6.45, 7) is 7.19. The van der Waals surface area contributed by atoms with Gasteiger partial charge in [-0.15, -0.1) is 26.3 Å². The van der Waals surface area contributed by atoms with E-state index in [1.807, 2.05) is 48.5 Å². The van der Waals surface area contributed by atoms with Crippen LogP contribution in [0.2, 0.25) is 25.7 Å². The van der Waals surface area contributed by atoms with Gasteiger partial charge in [0.05, 0.1) is 13.1 Å². The predicted octanol–water partition coefficient (Wildman–Crippen LogP) is 8.73. The molecule has 0 unspecified atom stereocenters. The standard InChI is InChI=1S/C25H27F3N4O5Si.C19H13F3N4O4.CH4/c1-38(2,3)13-12-35-16-32-21-20(22(33)30-23(32)34)31(15-17-8-5-4-6-9-17)24(29-21)36-18-10-7-11-19(14-18)37-25(26,27)28;20-19(21,22)30-13-8-4-7-12(9-13)29-18-24-15-14(16(27)25-17(28)23-15)26(18)10-11-5-2-1-3-6-11;/h4-11,14H,12-13,15-16H2,1-3H3,(H,30,33,34);1-9H,10H2,(H2,23,25,27,28);1H4. The molecule has 69 heavy (non-hydrogen) atoms. The summed E-state index contributed by atoms with van der Waals surface area (Å²) >= 11 is 0. The maximum atomic E-state index is 12.9. The molecule has 24 heteroatoms. The number of halogens is 6. The number of hydrogen-bond acceptors (Lipinski definition) is 11. The fourth-order valence-electron chi connectivity index (χ4n) is 6.52. The number of fused-ring (bicyclic) bond motifs is 2. The lowest BCUT2D eigenvalue weighted by Crippen LogP contribution is -2.32. The minimum absolute atomic E-state index is 0. The van der Waals surface area contributed by atoms with Crippen LogP contribution in [0.15, 0.2) is 128 Å². The molecule has 0 saturated carbocycles. The molecule has 0 aliphatic carbocycles. The first kappa shape index (κ1) is 50.5. The molecular formula is C45H44F6N8O9Si. The fraction of sp³-hybridized carbons (Fsp3) is 0.244. The highest BCUT2D eigenvalue weighted by Gasteiger charge is 2.32. The van der Waals surface area contributed by atoms with Gasteiger partial charge in [-0.2, -0.15) is 9.97 Å². The largest absolute Gasteiger partial charge is 0.573 e. The molecule has 0 atom stereocenters. The molecule has 0 fully saturated rings. The summed E-state index contributed by atoms with van der Waals surface area (Å²) in [5.74, 6) is -0.962. The molecule has 4 aromatic heterocycles. The molecular weight excluding hydrogens is 939 g/mol. The summed E-state index contributed by atoms with van der Waals surface area (Å²) < 4.78 is 105. The van der Waals surface area contributed by atoms with Crippen molar-refractivity contribution in [1.29, 1.82) is 0 Å². The maximum Gasteiger partial charge on any atom is 0.573 e. The number of aromatic amines is 3. The fourth-order valence-corrected chi connectivity index (χ4v) is 7.28. The van der Waals surface area contributed by atoms with Crippen molar-refractivity contribution in [1.82, 2.24) is 38.6 Å². The van der Waals surface area contributed by atoms with Crippen LogP contribution in [0.3, 0.4) is 0 Å². The topological polar surface area (TPSA) is 202 Å². The first-order valence-corrected chi connectivity index (χ1v) is 24.1. The number of imidazole rings is 2. The second-order valence-corrected chi connectivity index (χ2v) is 21.6. The van der Waals surface area contributed by atoms with Crippen molar-refractivity contribution in [2.24, 2.45) is 0 Å². The lowest BCUT2D eigenvalue weighted by Gasteiger charge is -2.15. The second kappa shape index (κ2) is 21.0. The Hall–Kier alpha value is -7.86. The summed E-state index contributed by atoms with van der Waals surface area (Å²) in [6.07, 6.45) is -9.73. The van der Waals surface area contributed by atoms with Crippen LogP contribution in [-0.2, 0) is 24.6 Å². The van der Waals surface area contributed by atoms with Crippen molar-refractivity contribution in [2.45, 2.75) is 65.7 Å². The normalized spacial score (nSPS) is 11.7. The van der Waals surface area contributed by atoms with E-state index in [9.17, 15) is 45.5 Å². The number of nitrogens with zero attached hydrogens (tertiary/aromatic N) is 5. The van der Waals surface area contributed by atoms with E-state index >= 15 is 0 Å². The monoisotopic (exact) mass is 982 g/mol. The van der Waals surface area contributed by atoms with Crippen molar-refractivity contribution in [3.63, 3.8) is 0 Å². The quantitative estimate of drug-likeness (QED) is 0.0504. The summed E-state index contributed by atoms with van der Waals surface area (Å²) in [6, 6.07) is 28.7. The Bertz CT molecular complexity index is 3270. The number of rotatable bonds is 15. The number of alkyl halides is 6. The van der Waals surface area contributed by atoms with Crippen LogP contribution in [0.1, 0.15) is 18.6 Å². The maximum absolute atomic E-state index is 12.9. The SMILES string of the molecule is C.C[Si](C)(C)CCOCn1c(=O)[nH]c(=O)c2c1nc(Oc1cccc(OC(F)(F)F)c1)n2Cc1ccccc1.O=c1[nH]c(=O)c2c(nc(Oc3cccc(OC(F)(F)F)c3)n2Cc2ccccc2)[nH]1. The lowest BCUT2D eigenvalue weighted by molar-refractivity contribution is -0.275. The van der Waals surface area contributed by atoms with Crippen LogP contribution in [0, 0.1) is 0 Å². The van der Waals surface area contributed by atoms with Gasteiger partial charge in [-0.1, -0.05) is 99.9 Å². The molecule has 0 bridgehead atoms. The highest BCUT2D eigenvalue weighted by molar-refractivity contribution is 6.76. The third kappa shape index (κ3) is 13.6. The zero-order chi connectivity index (χ0) is 48.8. The average molecular weight is 983 g/mol. The van der Waals surface area contributed by atoms with Gasteiger partial charge in [0.1, 0.15) is 29.7 Å². The van der Waals surface area contributed by atoms with E-state index in [2.05, 4.69) is 54.0 Å². The Kier molecular flexibility index (Phi) is 15.4. The van der Waals surface area contributed by atoms with Gasteiger partial charge in [0.25, 0.3) is 11.1 Å². The van der Waals surface area contributed by atoms with Crippen molar-refractivity contribution in [3.05, 3.63) is 162 Å². The Morgan fingerprint density at radius 3 is 1.57 bits per heavy atom. The van der Waals surface area contributed by atoms with E-state index in [0.29, 0.717) is 6.61 Å². The first-order valence-electron chi connectivity index (χ1n) is 20.4. The number of benzene rings is 4. The van der Waals surface area contributed by atoms with E-state index < -0.39 is 54.8 Å². The highest BCUT2D eigenvalue weighted by Crippen LogP contribution is 2.32. The van der Waals surface area contributed by atoms with Crippen LogP contribution in [0.4, 0.5) is 26.3 Å². The zero-order valence-electron chi connectivity index (χ0n) is 36.1. The summed E-state index contributed by atoms with van der Waals surface area (Å²) in [5.41, 5.74) is -1.09. The van der Waals surface area contributed by atoms with E-state index in [-0.39, 0.29) is 73.1 Å². The third-order valence-corrected chi connectivity index (χ3v) is 11.2. The van der Waals surface area contributed by atoms with Crippen molar-refractivity contribution in [2.75, 3.05) is 6.61 Å². The molecule has 0 aliphatic heterocycles. The second-order valence-electron chi connectivity index (χ2n) is 16.0. The van der Waals surface area contributed by atoms with Gasteiger partial charge < -0.3 is 23.7 Å². The molecule has 8 aromatic rings. The predicted molar refractivity (Wildman–Crippen MR) is 244 cm³/mol. The van der Waals surface area contributed by atoms with E-state index in [1.54, 1.807) is 12.1 Å². The first-order chi connectivity index (χ1) is 32.2. The Morgan fingerprint density at radius 2 is 1.06 bits per heavy atom. The van der Waals surface area contributed by atoms with Gasteiger partial charge in [-0.25, -0.2) is 9.59 Å². The average Bonchev–Trinajstić information content (AvgIpc) is 3.76. The van der Waals surface area contributed by atoms with Crippen molar-refractivity contribution >= 4 is 30.4 Å². The summed E-state index contributed by atoms with van der Waals surface area (Å²) in [4.78, 5) is 64.9. The number of ether oxygens (including phenoxy) is 5. The van der Waals surface area contributed by atoms with Gasteiger partial charge in [0.15, 0.2) is 22.3 Å². The number of aromatic nitrogens is 8. The highest BCUT2D eigenvalue weighted by atomic mass is 28.3. The van der Waals surface area contributed by atoms with Crippen molar-refractivity contribution < 1.29 is 50.0 Å². The Labute approximate surface area is 387 Å². The van der Waals surface area contributed by atoms with Crippen LogP contribution in [-0.4, -0.2) is 66.0 Å². The zero-order valence-corrected chi connectivity index (χ0v) is 37.1. The van der Waals surface area contributed by atoms with Gasteiger partial charge in [-0.05, 0) is 41.4 Å². The molecule has 17 nitrogen and oxygen atoms in total. The molecule has 8 rings (SSSR count). The lowest BCUT2D eigenvalue weighted by atomic mass is 10.2. The molecule has 0 saturated heterocycles. The van der Waals surface area contributed by atoms with E-state index in [4.69, 9.17) is 14.2 Å². The molecule has 4 aromatic carbocycles. The molecule has 364 valence electrons. The minimum Gasteiger partial charge on any atom is -0.425 e.